The minimum atomic E-state index is -0.340. The Hall–Kier alpha value is -3.06. The number of fused-ring (bicyclic) bond motifs is 1. The lowest BCUT2D eigenvalue weighted by molar-refractivity contribution is 0.0964. The molecule has 6 nitrogen and oxygen atoms in total. The second-order valence-electron chi connectivity index (χ2n) is 8.33. The molecule has 2 heterocycles. The van der Waals surface area contributed by atoms with Gasteiger partial charge >= 0.3 is 0 Å². The van der Waals surface area contributed by atoms with Crippen molar-refractivity contribution in [3.63, 3.8) is 0 Å². The molecule has 32 heavy (non-hydrogen) atoms. The van der Waals surface area contributed by atoms with Crippen LogP contribution < -0.4 is 15.0 Å². The Bertz CT molecular complexity index is 1110. The van der Waals surface area contributed by atoms with Crippen LogP contribution in [0.4, 0.5) is 10.1 Å². The van der Waals surface area contributed by atoms with Gasteiger partial charge in [0.25, 0.3) is 5.91 Å². The number of carbonyl (C=O) groups is 1. The van der Waals surface area contributed by atoms with E-state index in [1.165, 1.54) is 25.0 Å². The molecule has 0 atom stereocenters. The number of amides is 1. The molecule has 3 aromatic rings. The largest absolute Gasteiger partial charge is 0.488 e. The topological polar surface area (TPSA) is 63.9 Å². The van der Waals surface area contributed by atoms with Crippen molar-refractivity contribution in [3.05, 3.63) is 47.8 Å². The number of halogens is 1. The zero-order valence-corrected chi connectivity index (χ0v) is 18.2. The van der Waals surface area contributed by atoms with Gasteiger partial charge in [0, 0.05) is 37.2 Å². The van der Waals surface area contributed by atoms with Gasteiger partial charge in [-0.05, 0) is 56.0 Å². The maximum atomic E-state index is 13.5. The quantitative estimate of drug-likeness (QED) is 0.623. The SMILES string of the molecule is CNC(=O)c1c(-c2ccc(F)cc2)oc2cc(N3CCOCC3)c(OC3CCCC3)cc12. The van der Waals surface area contributed by atoms with Gasteiger partial charge in [0.15, 0.2) is 0 Å². The molecule has 1 aromatic heterocycles. The van der Waals surface area contributed by atoms with Crippen molar-refractivity contribution in [1.29, 1.82) is 0 Å². The smallest absolute Gasteiger partial charge is 0.255 e. The van der Waals surface area contributed by atoms with Crippen LogP contribution in [0, 0.1) is 5.82 Å². The van der Waals surface area contributed by atoms with Crippen molar-refractivity contribution in [2.75, 3.05) is 38.3 Å². The first kappa shape index (κ1) is 20.8. The average Bonchev–Trinajstić information content (AvgIpc) is 3.47. The molecule has 0 unspecified atom stereocenters. The summed E-state index contributed by atoms with van der Waals surface area (Å²) in [6.45, 7) is 2.84. The fraction of sp³-hybridized carbons (Fsp3) is 0.400. The lowest BCUT2D eigenvalue weighted by Gasteiger charge is -2.31. The number of ether oxygens (including phenoxy) is 2. The van der Waals surface area contributed by atoms with E-state index in [1.807, 2.05) is 12.1 Å². The van der Waals surface area contributed by atoms with Crippen LogP contribution in [-0.2, 0) is 4.74 Å². The molecule has 5 rings (SSSR count). The van der Waals surface area contributed by atoms with Gasteiger partial charge in [-0.1, -0.05) is 0 Å². The number of anilines is 1. The number of carbonyl (C=O) groups excluding carboxylic acids is 1. The molecule has 0 bridgehead atoms. The summed E-state index contributed by atoms with van der Waals surface area (Å²) in [5.74, 6) is 0.593. The summed E-state index contributed by atoms with van der Waals surface area (Å²) < 4.78 is 31.7. The molecule has 0 spiro atoms. The van der Waals surface area contributed by atoms with Gasteiger partial charge in [0.1, 0.15) is 22.9 Å². The third-order valence-corrected chi connectivity index (χ3v) is 6.28. The second kappa shape index (κ2) is 8.82. The molecule has 1 aliphatic carbocycles. The van der Waals surface area contributed by atoms with E-state index in [9.17, 15) is 9.18 Å². The Labute approximate surface area is 186 Å². The van der Waals surface area contributed by atoms with Gasteiger partial charge in [-0.2, -0.15) is 0 Å². The van der Waals surface area contributed by atoms with E-state index in [0.717, 1.165) is 37.4 Å². The fourth-order valence-corrected chi connectivity index (χ4v) is 4.60. The number of hydrogen-bond donors (Lipinski definition) is 1. The second-order valence-corrected chi connectivity index (χ2v) is 8.33. The summed E-state index contributed by atoms with van der Waals surface area (Å²) in [6.07, 6.45) is 4.59. The van der Waals surface area contributed by atoms with Crippen LogP contribution >= 0.6 is 0 Å². The standard InChI is InChI=1S/C25H27FN2O4/c1-27-25(29)23-19-14-22(31-18-4-2-3-5-18)20(28-10-12-30-13-11-28)15-21(19)32-24(23)16-6-8-17(26)9-7-16/h6-9,14-15,18H,2-5,10-13H2,1H3,(H,27,29). The third-order valence-electron chi connectivity index (χ3n) is 6.28. The van der Waals surface area contributed by atoms with E-state index in [1.54, 1.807) is 19.2 Å². The minimum Gasteiger partial charge on any atom is -0.488 e. The van der Waals surface area contributed by atoms with Crippen molar-refractivity contribution in [2.24, 2.45) is 0 Å². The van der Waals surface area contributed by atoms with Crippen LogP contribution in [0.3, 0.4) is 0 Å². The summed E-state index contributed by atoms with van der Waals surface area (Å²) in [4.78, 5) is 15.1. The molecule has 1 saturated heterocycles. The first-order valence-corrected chi connectivity index (χ1v) is 11.2. The van der Waals surface area contributed by atoms with E-state index >= 15 is 0 Å². The summed E-state index contributed by atoms with van der Waals surface area (Å²) in [5, 5.41) is 3.40. The molecule has 1 N–H and O–H groups in total. The highest BCUT2D eigenvalue weighted by molar-refractivity contribution is 6.12. The fourth-order valence-electron chi connectivity index (χ4n) is 4.60. The minimum absolute atomic E-state index is 0.180. The van der Waals surface area contributed by atoms with Crippen molar-refractivity contribution < 1.29 is 23.1 Å². The predicted molar refractivity (Wildman–Crippen MR) is 121 cm³/mol. The van der Waals surface area contributed by atoms with Crippen LogP contribution in [0.15, 0.2) is 40.8 Å². The molecule has 0 radical (unpaired) electrons. The normalized spacial score (nSPS) is 17.1. The van der Waals surface area contributed by atoms with E-state index in [2.05, 4.69) is 10.2 Å². The summed E-state index contributed by atoms with van der Waals surface area (Å²) in [5.41, 5.74) is 2.63. The first-order valence-electron chi connectivity index (χ1n) is 11.2. The van der Waals surface area contributed by atoms with Crippen LogP contribution in [0.25, 0.3) is 22.3 Å². The zero-order valence-electron chi connectivity index (χ0n) is 18.2. The highest BCUT2D eigenvalue weighted by Crippen LogP contribution is 2.41. The van der Waals surface area contributed by atoms with Crippen LogP contribution in [0.2, 0.25) is 0 Å². The lowest BCUT2D eigenvalue weighted by atomic mass is 10.0. The van der Waals surface area contributed by atoms with Gasteiger partial charge in [-0.3, -0.25) is 4.79 Å². The Morgan fingerprint density at radius 2 is 1.84 bits per heavy atom. The number of rotatable bonds is 5. The van der Waals surface area contributed by atoms with Gasteiger partial charge in [-0.15, -0.1) is 0 Å². The van der Waals surface area contributed by atoms with E-state index in [4.69, 9.17) is 13.9 Å². The number of morpholine rings is 1. The molecule has 1 amide bonds. The number of nitrogens with one attached hydrogen (secondary N) is 1. The molecule has 1 saturated carbocycles. The van der Waals surface area contributed by atoms with E-state index < -0.39 is 0 Å². The molecular formula is C25H27FN2O4. The molecule has 2 aromatic carbocycles. The van der Waals surface area contributed by atoms with Crippen molar-refractivity contribution in [2.45, 2.75) is 31.8 Å². The molecule has 2 aliphatic rings. The lowest BCUT2D eigenvalue weighted by Crippen LogP contribution is -2.36. The molecule has 168 valence electrons. The average molecular weight is 438 g/mol. The highest BCUT2D eigenvalue weighted by atomic mass is 19.1. The molecule has 1 aliphatic heterocycles. The Balaban J connectivity index is 1.67. The van der Waals surface area contributed by atoms with Crippen LogP contribution in [0.1, 0.15) is 36.0 Å². The number of hydrogen-bond acceptors (Lipinski definition) is 5. The van der Waals surface area contributed by atoms with Gasteiger partial charge in [0.2, 0.25) is 0 Å². The molecular weight excluding hydrogens is 411 g/mol. The Morgan fingerprint density at radius 3 is 2.53 bits per heavy atom. The van der Waals surface area contributed by atoms with E-state index in [0.29, 0.717) is 41.1 Å². The van der Waals surface area contributed by atoms with Crippen molar-refractivity contribution in [1.82, 2.24) is 5.32 Å². The summed E-state index contributed by atoms with van der Waals surface area (Å²) >= 11 is 0. The number of benzene rings is 2. The Kier molecular flexibility index (Phi) is 5.74. The van der Waals surface area contributed by atoms with Crippen molar-refractivity contribution >= 4 is 22.6 Å². The first-order chi connectivity index (χ1) is 15.6. The predicted octanol–water partition coefficient (Wildman–Crippen LogP) is 4.76. The summed E-state index contributed by atoms with van der Waals surface area (Å²) in [7, 11) is 1.59. The summed E-state index contributed by atoms with van der Waals surface area (Å²) in [6, 6.07) is 9.87. The van der Waals surface area contributed by atoms with Gasteiger partial charge in [0.05, 0.1) is 30.6 Å². The van der Waals surface area contributed by atoms with Crippen LogP contribution in [-0.4, -0.2) is 45.4 Å². The number of furan rings is 1. The van der Waals surface area contributed by atoms with Gasteiger partial charge in [-0.25, -0.2) is 4.39 Å². The molecule has 7 heteroatoms. The van der Waals surface area contributed by atoms with Crippen molar-refractivity contribution in [3.8, 4) is 17.1 Å². The number of nitrogens with zero attached hydrogens (tertiary/aromatic N) is 1. The maximum Gasteiger partial charge on any atom is 0.255 e. The van der Waals surface area contributed by atoms with Crippen LogP contribution in [0.5, 0.6) is 5.75 Å². The maximum absolute atomic E-state index is 13.5. The monoisotopic (exact) mass is 438 g/mol. The van der Waals surface area contributed by atoms with E-state index in [-0.39, 0.29) is 17.8 Å². The molecule has 2 fully saturated rings. The Morgan fingerprint density at radius 1 is 1.12 bits per heavy atom. The zero-order chi connectivity index (χ0) is 22.1. The highest BCUT2D eigenvalue weighted by Gasteiger charge is 2.27. The van der Waals surface area contributed by atoms with Gasteiger partial charge < -0.3 is 24.1 Å². The third kappa shape index (κ3) is 3.93.